The Morgan fingerprint density at radius 3 is 1.05 bits per heavy atom. The number of rotatable bonds is 26. The van der Waals surface area contributed by atoms with Crippen molar-refractivity contribution in [1.82, 2.24) is 78.2 Å². The van der Waals surface area contributed by atoms with E-state index in [-0.39, 0.29) is 104 Å². The summed E-state index contributed by atoms with van der Waals surface area (Å²) in [6.45, 7) is 42.7. The van der Waals surface area contributed by atoms with Gasteiger partial charge in [0.2, 0.25) is 47.4 Å². The van der Waals surface area contributed by atoms with Gasteiger partial charge in [-0.1, -0.05) is 135 Å². The first-order chi connectivity index (χ1) is 71.4. The number of carbonyl (C=O) groups excluding carboxylic acids is 8. The number of aromatic nitrogens is 10. The van der Waals surface area contributed by atoms with Crippen LogP contribution in [0.3, 0.4) is 0 Å². The molecule has 0 radical (unpaired) electrons. The molecule has 34 heteroatoms. The van der Waals surface area contributed by atoms with E-state index in [1.165, 1.54) is 83.5 Å². The number of alkyl halides is 2. The number of nitrogens with zero attached hydrogens (tertiary/aromatic N) is 14. The van der Waals surface area contributed by atoms with Crippen LogP contribution in [0.25, 0.3) is 59.6 Å². The molecular weight excluding hydrogens is 1960 g/mol. The van der Waals surface area contributed by atoms with Crippen molar-refractivity contribution in [1.29, 1.82) is 0 Å². The Bertz CT molecular complexity index is 7210. The Morgan fingerprint density at radius 2 is 0.711 bits per heavy atom. The summed E-state index contributed by atoms with van der Waals surface area (Å²) in [5.41, 5.74) is 11.5. The van der Waals surface area contributed by atoms with Crippen LogP contribution in [0.4, 0.5) is 32.6 Å². The molecule has 4 saturated heterocycles. The third-order valence-electron chi connectivity index (χ3n) is 31.9. The lowest BCUT2D eigenvalue weighted by Crippen LogP contribution is -2.42. The van der Waals surface area contributed by atoms with Gasteiger partial charge in [0.25, 0.3) is 23.6 Å². The minimum Gasteiger partial charge on any atom is -0.339 e. The molecular formula is C115H130F2N20O8S4. The number of hydrogen-bond acceptors (Lipinski definition) is 19. The Hall–Kier alpha value is -13.5. The van der Waals surface area contributed by atoms with Gasteiger partial charge in [-0.25, -0.2) is 33.4 Å². The molecule has 8 fully saturated rings. The number of anilines is 4. The highest BCUT2D eigenvalue weighted by molar-refractivity contribution is 7.17. The number of likely N-dealkylation sites (tertiary alicyclic amines) is 4. The standard InChI is InChI=1S/2C31H40FN5O2S.C28H26N4O2S.C25H24N6O2S/c2*1-7-27(38)36-13-12-31(18-36)15-22(16-31)37-24-9-8-21(17-33-20(3)30(4,5)6)14-23(24)34-29(37)35-28(39)26-11-10-25(40-26)19(2)32;1-2-25(33)31-15-14-28(18-31)16-20(17-28)32-22-11-7-6-10-21(22)29-27(32)30-26(34)24-13-12-23(35-24)19-8-4-3-5-9-19;1-2-21(32)29-13-10-25(16-29)14-17(15-25)31-19-7-4-3-6-18(19)27-24(31)28-23(33)20-8-9-22(34-20)30-12-5-11-26-30/h2*7-11,14,19-20,22,33H,1,12-13,15-18H2,2-6H3,(H,34,35,39);2-13,20H,1,14-18H2,(H,29,30,34);2-9,11-12,17H,1,10,13-16H2,(H,27,28,33)/t2*19?,20-,22?,31?;;/m00../s1. The predicted molar refractivity (Wildman–Crippen MR) is 590 cm³/mol. The summed E-state index contributed by atoms with van der Waals surface area (Å²) < 4.78 is 38.0. The van der Waals surface area contributed by atoms with Gasteiger partial charge in [-0.2, -0.15) is 5.10 Å². The topological polar surface area (TPSA) is 311 Å². The number of imidazole rings is 4. The zero-order chi connectivity index (χ0) is 105. The maximum absolute atomic E-state index is 13.8. The lowest BCUT2D eigenvalue weighted by Gasteiger charge is -2.46. The number of benzene rings is 5. The van der Waals surface area contributed by atoms with E-state index in [0.717, 1.165) is 213 Å². The number of halogens is 2. The highest BCUT2D eigenvalue weighted by Gasteiger charge is 2.55. The summed E-state index contributed by atoms with van der Waals surface area (Å²) in [6, 6.07) is 56.2. The lowest BCUT2D eigenvalue weighted by atomic mass is 9.64. The van der Waals surface area contributed by atoms with Gasteiger partial charge in [0.1, 0.15) is 17.3 Å². The summed E-state index contributed by atoms with van der Waals surface area (Å²) in [5.74, 6) is 1.26. The number of carbonyl (C=O) groups is 8. The van der Waals surface area contributed by atoms with Crippen molar-refractivity contribution in [2.24, 2.45) is 32.5 Å². The minimum absolute atomic E-state index is 0.00628. The summed E-state index contributed by atoms with van der Waals surface area (Å²) >= 11 is 5.20. The van der Waals surface area contributed by atoms with E-state index in [4.69, 9.17) is 19.9 Å². The predicted octanol–water partition coefficient (Wildman–Crippen LogP) is 23.3. The van der Waals surface area contributed by atoms with Crippen LogP contribution < -0.4 is 31.9 Å². The lowest BCUT2D eigenvalue weighted by molar-refractivity contribution is -0.126. The van der Waals surface area contributed by atoms with Crippen molar-refractivity contribution in [3.8, 4) is 15.4 Å². The van der Waals surface area contributed by atoms with Crippen molar-refractivity contribution < 1.29 is 47.1 Å². The van der Waals surface area contributed by atoms with Crippen LogP contribution in [0.1, 0.15) is 242 Å². The fraction of sp³-hybridized carbons (Fsp3) is 0.400. The third-order valence-corrected chi connectivity index (χ3v) is 36.5. The minimum atomic E-state index is -1.12. The van der Waals surface area contributed by atoms with Gasteiger partial charge in [-0.15, -0.1) is 45.3 Å². The Balaban J connectivity index is 0.000000125. The van der Waals surface area contributed by atoms with Crippen LogP contribution in [0.15, 0.2) is 233 Å². The third kappa shape index (κ3) is 22.0. The van der Waals surface area contributed by atoms with Crippen molar-refractivity contribution in [2.75, 3.05) is 73.6 Å². The van der Waals surface area contributed by atoms with Gasteiger partial charge in [0.15, 0.2) is 0 Å². The molecule has 14 aromatic rings. The maximum atomic E-state index is 13.8. The van der Waals surface area contributed by atoms with Crippen LogP contribution in [0.2, 0.25) is 0 Å². The zero-order valence-electron chi connectivity index (χ0n) is 86.0. The summed E-state index contributed by atoms with van der Waals surface area (Å²) in [7, 11) is 0. The first kappa shape index (κ1) is 104. The molecule has 4 saturated carbocycles. The van der Waals surface area contributed by atoms with Crippen molar-refractivity contribution in [3.05, 3.63) is 273 Å². The van der Waals surface area contributed by atoms with Gasteiger partial charge in [-0.3, -0.25) is 59.6 Å². The molecule has 28 nitrogen and oxygen atoms in total. The molecule has 2 unspecified atom stereocenters. The number of thiophene rings is 4. The van der Waals surface area contributed by atoms with Gasteiger partial charge < -0.3 is 48.5 Å². The second-order valence-electron chi connectivity index (χ2n) is 44.0. The van der Waals surface area contributed by atoms with Crippen molar-refractivity contribution in [3.63, 3.8) is 0 Å². The molecule has 4 aliphatic carbocycles. The van der Waals surface area contributed by atoms with Gasteiger partial charge in [0, 0.05) is 129 Å². The zero-order valence-corrected chi connectivity index (χ0v) is 89.3. The second kappa shape index (κ2) is 42.5. The molecule has 22 rings (SSSR count). The molecule has 8 amide bonds. The second-order valence-corrected chi connectivity index (χ2v) is 48.3. The molecule has 5 aromatic carbocycles. The maximum Gasteiger partial charge on any atom is 0.268 e. The number of para-hydroxylation sites is 4. The molecule has 4 atom stereocenters. The molecule has 149 heavy (non-hydrogen) atoms. The molecule has 776 valence electrons. The first-order valence-corrected chi connectivity index (χ1v) is 54.7. The van der Waals surface area contributed by atoms with E-state index in [1.807, 2.05) is 129 Å². The normalized spacial score (nSPS) is 21.9. The largest absolute Gasteiger partial charge is 0.339 e. The average Bonchev–Trinajstić information content (AvgIpc) is 1.60. The smallest absolute Gasteiger partial charge is 0.268 e. The highest BCUT2D eigenvalue weighted by atomic mass is 32.1. The average molecular weight is 2090 g/mol. The van der Waals surface area contributed by atoms with E-state index in [9.17, 15) is 47.1 Å². The summed E-state index contributed by atoms with van der Waals surface area (Å²) in [6.07, 6.45) is 18.4. The van der Waals surface area contributed by atoms with E-state index < -0.39 is 12.3 Å². The van der Waals surface area contributed by atoms with Gasteiger partial charge in [-0.05, 0) is 281 Å². The van der Waals surface area contributed by atoms with Crippen LogP contribution in [-0.2, 0) is 32.3 Å². The van der Waals surface area contributed by atoms with Crippen LogP contribution >= 0.6 is 45.3 Å². The fourth-order valence-electron chi connectivity index (χ4n) is 22.6. The van der Waals surface area contributed by atoms with E-state index in [2.05, 4.69) is 179 Å². The SMILES string of the molecule is C=CC(=O)N1CCC2(CC(n3c(NC(=O)c4ccc(-c5ccccc5)s4)nc4ccccc43)C2)C1.C=CC(=O)N1CCC2(CC(n3c(NC(=O)c4ccc(-n5cccn5)s4)nc4ccccc43)C2)C1.C=CC(=O)N1CCC2(CC(n3c(NC(=O)c4ccc(C(C)F)s4)nc4cc(CN[C@@H](C)C(C)(C)C)ccc43)C2)C1.C=CC(=O)N1CCC2(CC(n3c(NC(=O)c4ccc(C(C)F)s4)nc4cc(CN[C@@H](C)C(C)(C)C)ccc43)C2)C1. The van der Waals surface area contributed by atoms with E-state index >= 15 is 0 Å². The molecule has 4 aliphatic heterocycles. The summed E-state index contributed by atoms with van der Waals surface area (Å²) in [5, 5.41) is 24.5. The Morgan fingerprint density at radius 1 is 0.389 bits per heavy atom. The van der Waals surface area contributed by atoms with Crippen molar-refractivity contribution in [2.45, 2.75) is 208 Å². The van der Waals surface area contributed by atoms with E-state index in [0.29, 0.717) is 65.1 Å². The van der Waals surface area contributed by atoms with Gasteiger partial charge >= 0.3 is 0 Å². The first-order valence-electron chi connectivity index (χ1n) is 51.4. The molecule has 9 aromatic heterocycles. The Labute approximate surface area is 882 Å². The molecule has 0 bridgehead atoms. The van der Waals surface area contributed by atoms with E-state index in [1.54, 1.807) is 35.1 Å². The Kier molecular flexibility index (Phi) is 29.7. The molecule has 4 spiro atoms. The fourth-order valence-corrected chi connectivity index (χ4v) is 26.0. The van der Waals surface area contributed by atoms with Crippen molar-refractivity contribution >= 4 is 161 Å². The van der Waals surface area contributed by atoms with Crippen LogP contribution in [-0.4, -0.2) is 179 Å². The molecule has 13 heterocycles. The molecule has 6 N–H and O–H groups in total. The number of nitrogens with one attached hydrogen (secondary N) is 6. The molecule has 8 aliphatic rings. The monoisotopic (exact) mass is 2080 g/mol. The number of hydrogen-bond donors (Lipinski definition) is 6. The number of amides is 8. The van der Waals surface area contributed by atoms with Crippen LogP contribution in [0.5, 0.6) is 0 Å². The highest BCUT2D eigenvalue weighted by Crippen LogP contribution is 2.60. The summed E-state index contributed by atoms with van der Waals surface area (Å²) in [4.78, 5) is 132. The quantitative estimate of drug-likeness (QED) is 0.0275. The van der Waals surface area contributed by atoms with Gasteiger partial charge in [0.05, 0.1) is 63.6 Å². The van der Waals surface area contributed by atoms with Crippen LogP contribution in [0, 0.1) is 32.5 Å². The number of fused-ring (bicyclic) bond motifs is 4.